The molecule has 1 atom stereocenters. The van der Waals surface area contributed by atoms with Gasteiger partial charge in [0.05, 0.1) is 11.5 Å². The first kappa shape index (κ1) is 14.5. The van der Waals surface area contributed by atoms with E-state index in [-0.39, 0.29) is 10.6 Å². The van der Waals surface area contributed by atoms with Crippen LogP contribution in [0.25, 0.3) is 11.1 Å². The highest BCUT2D eigenvalue weighted by molar-refractivity contribution is 7.84. The van der Waals surface area contributed by atoms with Crippen molar-refractivity contribution in [3.63, 3.8) is 0 Å². The molecular weight excluding hydrogens is 274 g/mol. The molecule has 1 aromatic carbocycles. The number of benzene rings is 1. The number of rotatable bonds is 5. The molecule has 0 spiro atoms. The molecule has 0 aliphatic rings. The van der Waals surface area contributed by atoms with Crippen molar-refractivity contribution in [3.8, 4) is 6.07 Å². The molecule has 0 aliphatic heterocycles. The standard InChI is InChI=1S/C14H17N3O2S/c1-14(2,9-15)6-3-7-20(18)13-17-11-8-10(16)4-5-12(11)19-13/h4-5,8H,3,6-7,16H2,1-2H3. The molecule has 2 aromatic rings. The largest absolute Gasteiger partial charge is 0.430 e. The second-order valence-corrected chi connectivity index (χ2v) is 6.80. The van der Waals surface area contributed by atoms with Gasteiger partial charge in [0.2, 0.25) is 0 Å². The molecule has 1 heterocycles. The number of anilines is 1. The minimum absolute atomic E-state index is 0.223. The van der Waals surface area contributed by atoms with E-state index < -0.39 is 10.8 Å². The third-order valence-corrected chi connectivity index (χ3v) is 4.24. The molecule has 5 nitrogen and oxygen atoms in total. The van der Waals surface area contributed by atoms with Crippen LogP contribution in [-0.2, 0) is 10.8 Å². The highest BCUT2D eigenvalue weighted by atomic mass is 32.2. The minimum Gasteiger partial charge on any atom is -0.430 e. The van der Waals surface area contributed by atoms with E-state index in [4.69, 9.17) is 15.4 Å². The highest BCUT2D eigenvalue weighted by Crippen LogP contribution is 2.23. The fraction of sp³-hybridized carbons (Fsp3) is 0.429. The van der Waals surface area contributed by atoms with Gasteiger partial charge in [-0.15, -0.1) is 0 Å². The van der Waals surface area contributed by atoms with Gasteiger partial charge in [-0.1, -0.05) is 0 Å². The predicted molar refractivity (Wildman–Crippen MR) is 78.3 cm³/mol. The molecule has 1 unspecified atom stereocenters. The van der Waals surface area contributed by atoms with E-state index in [0.717, 1.165) is 0 Å². The Bertz CT molecular complexity index is 685. The SMILES string of the molecule is CC(C)(C#N)CCCS(=O)c1nc2cc(N)ccc2o1. The zero-order valence-corrected chi connectivity index (χ0v) is 12.4. The zero-order valence-electron chi connectivity index (χ0n) is 11.5. The summed E-state index contributed by atoms with van der Waals surface area (Å²) >= 11 is 0. The van der Waals surface area contributed by atoms with Crippen molar-refractivity contribution in [3.05, 3.63) is 18.2 Å². The molecule has 0 fully saturated rings. The summed E-state index contributed by atoms with van der Waals surface area (Å²) in [6.07, 6.45) is 1.39. The van der Waals surface area contributed by atoms with Crippen LogP contribution < -0.4 is 5.73 Å². The van der Waals surface area contributed by atoms with Crippen molar-refractivity contribution < 1.29 is 8.63 Å². The molecule has 6 heteroatoms. The second kappa shape index (κ2) is 5.63. The Kier molecular flexibility index (Phi) is 4.09. The molecule has 0 saturated carbocycles. The van der Waals surface area contributed by atoms with Crippen molar-refractivity contribution in [2.75, 3.05) is 11.5 Å². The number of nitriles is 1. The number of hydrogen-bond acceptors (Lipinski definition) is 5. The van der Waals surface area contributed by atoms with Crippen molar-refractivity contribution in [2.45, 2.75) is 31.9 Å². The highest BCUT2D eigenvalue weighted by Gasteiger charge is 2.18. The van der Waals surface area contributed by atoms with Gasteiger partial charge < -0.3 is 10.2 Å². The van der Waals surface area contributed by atoms with Crippen molar-refractivity contribution in [1.82, 2.24) is 4.98 Å². The Morgan fingerprint density at radius 3 is 2.95 bits per heavy atom. The summed E-state index contributed by atoms with van der Waals surface area (Å²) in [6.45, 7) is 3.75. The zero-order chi connectivity index (χ0) is 14.8. The Hall–Kier alpha value is -1.87. The summed E-state index contributed by atoms with van der Waals surface area (Å²) in [5, 5.41) is 9.15. The molecular formula is C14H17N3O2S. The molecule has 106 valence electrons. The molecule has 2 N–H and O–H groups in total. The van der Waals surface area contributed by atoms with Crippen LogP contribution in [0.5, 0.6) is 0 Å². The maximum atomic E-state index is 12.1. The van der Waals surface area contributed by atoms with Crippen molar-refractivity contribution in [1.29, 1.82) is 5.26 Å². The van der Waals surface area contributed by atoms with Crippen molar-refractivity contribution in [2.24, 2.45) is 5.41 Å². The minimum atomic E-state index is -1.29. The van der Waals surface area contributed by atoms with Crippen molar-refractivity contribution >= 4 is 27.6 Å². The van der Waals surface area contributed by atoms with Gasteiger partial charge in [0, 0.05) is 11.4 Å². The number of nitrogen functional groups attached to an aromatic ring is 1. The van der Waals surface area contributed by atoms with E-state index in [2.05, 4.69) is 11.1 Å². The van der Waals surface area contributed by atoms with Gasteiger partial charge in [-0.3, -0.25) is 0 Å². The molecule has 0 aliphatic carbocycles. The molecule has 1 aromatic heterocycles. The number of nitrogens with zero attached hydrogens (tertiary/aromatic N) is 2. The lowest BCUT2D eigenvalue weighted by Gasteiger charge is -2.13. The van der Waals surface area contributed by atoms with Crippen LogP contribution in [0.15, 0.2) is 27.8 Å². The summed E-state index contributed by atoms with van der Waals surface area (Å²) in [4.78, 5) is 4.20. The van der Waals surface area contributed by atoms with E-state index in [1.165, 1.54) is 0 Å². The molecule has 0 radical (unpaired) electrons. The van der Waals surface area contributed by atoms with Crippen LogP contribution in [0.4, 0.5) is 5.69 Å². The predicted octanol–water partition coefficient (Wildman–Crippen LogP) is 2.85. The lowest BCUT2D eigenvalue weighted by molar-refractivity contribution is 0.443. The number of aromatic nitrogens is 1. The Balaban J connectivity index is 2.03. The fourth-order valence-electron chi connectivity index (χ4n) is 1.81. The molecule has 0 amide bonds. The van der Waals surface area contributed by atoms with Crippen LogP contribution in [0.1, 0.15) is 26.7 Å². The maximum absolute atomic E-state index is 12.1. The first-order valence-corrected chi connectivity index (χ1v) is 7.69. The molecule has 0 bridgehead atoms. The van der Waals surface area contributed by atoms with Crippen LogP contribution >= 0.6 is 0 Å². The lowest BCUT2D eigenvalue weighted by Crippen LogP contribution is -2.10. The summed E-state index contributed by atoms with van der Waals surface area (Å²) < 4.78 is 17.6. The monoisotopic (exact) mass is 291 g/mol. The van der Waals surface area contributed by atoms with Crippen LogP contribution in [0.2, 0.25) is 0 Å². The number of nitrogens with two attached hydrogens (primary N) is 1. The van der Waals surface area contributed by atoms with Gasteiger partial charge in [0.15, 0.2) is 5.58 Å². The average molecular weight is 291 g/mol. The van der Waals surface area contributed by atoms with E-state index in [1.54, 1.807) is 18.2 Å². The molecule has 2 rings (SSSR count). The Labute approximate surface area is 120 Å². The van der Waals surface area contributed by atoms with Gasteiger partial charge in [-0.25, -0.2) is 9.19 Å². The number of fused-ring (bicyclic) bond motifs is 1. The van der Waals surface area contributed by atoms with E-state index in [1.807, 2.05) is 13.8 Å². The third-order valence-electron chi connectivity index (χ3n) is 3.02. The first-order chi connectivity index (χ1) is 9.41. The summed E-state index contributed by atoms with van der Waals surface area (Å²) in [5.74, 6) is 0.438. The quantitative estimate of drug-likeness (QED) is 0.855. The lowest BCUT2D eigenvalue weighted by atomic mass is 9.90. The summed E-state index contributed by atoms with van der Waals surface area (Å²) in [5.41, 5.74) is 7.07. The summed E-state index contributed by atoms with van der Waals surface area (Å²) in [6, 6.07) is 7.36. The normalized spacial score (nSPS) is 13.2. The van der Waals surface area contributed by atoms with Gasteiger partial charge >= 0.3 is 0 Å². The van der Waals surface area contributed by atoms with Gasteiger partial charge in [0.25, 0.3) is 5.22 Å². The summed E-state index contributed by atoms with van der Waals surface area (Å²) in [7, 11) is -1.29. The average Bonchev–Trinajstić information content (AvgIpc) is 2.81. The van der Waals surface area contributed by atoms with Crippen LogP contribution in [-0.4, -0.2) is 14.9 Å². The molecule has 0 saturated heterocycles. The van der Waals surface area contributed by atoms with Gasteiger partial charge in [-0.2, -0.15) is 5.26 Å². The molecule has 20 heavy (non-hydrogen) atoms. The smallest absolute Gasteiger partial charge is 0.287 e. The first-order valence-electron chi connectivity index (χ1n) is 6.37. The van der Waals surface area contributed by atoms with E-state index in [9.17, 15) is 4.21 Å². The van der Waals surface area contributed by atoms with E-state index in [0.29, 0.717) is 35.4 Å². The number of oxazole rings is 1. The number of hydrogen-bond donors (Lipinski definition) is 1. The Morgan fingerprint density at radius 2 is 2.25 bits per heavy atom. The van der Waals surface area contributed by atoms with Gasteiger partial charge in [0.1, 0.15) is 16.3 Å². The second-order valence-electron chi connectivity index (χ2n) is 5.36. The van der Waals surface area contributed by atoms with Gasteiger partial charge in [-0.05, 0) is 44.9 Å². The Morgan fingerprint density at radius 1 is 1.50 bits per heavy atom. The third kappa shape index (κ3) is 3.36. The topological polar surface area (TPSA) is 92.9 Å². The van der Waals surface area contributed by atoms with E-state index >= 15 is 0 Å². The van der Waals surface area contributed by atoms with Crippen LogP contribution in [0.3, 0.4) is 0 Å². The van der Waals surface area contributed by atoms with Crippen LogP contribution in [0, 0.1) is 16.7 Å². The fourth-order valence-corrected chi connectivity index (χ4v) is 2.77. The maximum Gasteiger partial charge on any atom is 0.287 e.